The Bertz CT molecular complexity index is 1160. The van der Waals surface area contributed by atoms with Crippen LogP contribution in [0.2, 0.25) is 0 Å². The van der Waals surface area contributed by atoms with Crippen LogP contribution in [0.15, 0.2) is 53.4 Å². The summed E-state index contributed by atoms with van der Waals surface area (Å²) in [6.45, 7) is -1.24. The van der Waals surface area contributed by atoms with Gasteiger partial charge < -0.3 is 9.47 Å². The molecule has 0 saturated heterocycles. The van der Waals surface area contributed by atoms with E-state index in [4.69, 9.17) is 14.7 Å². The van der Waals surface area contributed by atoms with Gasteiger partial charge in [0, 0.05) is 18.3 Å². The molecule has 0 spiro atoms. The van der Waals surface area contributed by atoms with Gasteiger partial charge >= 0.3 is 11.7 Å². The quantitative estimate of drug-likeness (QED) is 0.218. The molecule has 0 aliphatic carbocycles. The molecule has 1 amide bonds. The fourth-order valence-electron chi connectivity index (χ4n) is 2.64. The van der Waals surface area contributed by atoms with Crippen LogP contribution in [0, 0.1) is 21.4 Å². The highest BCUT2D eigenvalue weighted by atomic mass is 32.2. The van der Waals surface area contributed by atoms with Gasteiger partial charge in [-0.1, -0.05) is 18.2 Å². The number of carbonyl (C=O) groups excluding carboxylic acids is 2. The number of hydrogen-bond acceptors (Lipinski definition) is 9. The van der Waals surface area contributed by atoms with Crippen LogP contribution in [-0.2, 0) is 24.3 Å². The summed E-state index contributed by atoms with van der Waals surface area (Å²) in [5.74, 6) is -1.58. The van der Waals surface area contributed by atoms with Crippen molar-refractivity contribution in [3.05, 3.63) is 58.6 Å². The predicted octanol–water partition coefficient (Wildman–Crippen LogP) is 1.37. The molecule has 0 heterocycles. The van der Waals surface area contributed by atoms with E-state index in [0.717, 1.165) is 23.1 Å². The molecule has 0 aliphatic heterocycles. The first-order valence-electron chi connectivity index (χ1n) is 9.39. The third kappa shape index (κ3) is 6.99. The number of esters is 1. The number of nitrogens with one attached hydrogen (secondary N) is 1. The van der Waals surface area contributed by atoms with Gasteiger partial charge in [0.25, 0.3) is 5.91 Å². The van der Waals surface area contributed by atoms with E-state index in [1.54, 1.807) is 30.3 Å². The highest BCUT2D eigenvalue weighted by Gasteiger charge is 2.22. The Hall–Kier alpha value is -4.02. The van der Waals surface area contributed by atoms with Crippen molar-refractivity contribution in [3.63, 3.8) is 0 Å². The summed E-state index contributed by atoms with van der Waals surface area (Å²) in [5.41, 5.74) is -0.0694. The van der Waals surface area contributed by atoms with Gasteiger partial charge in [0.2, 0.25) is 10.0 Å². The smallest absolute Gasteiger partial charge is 0.312 e. The molecule has 0 saturated carbocycles. The molecule has 2 rings (SSSR count). The highest BCUT2D eigenvalue weighted by Crippen LogP contribution is 2.29. The van der Waals surface area contributed by atoms with Crippen LogP contribution < -0.4 is 14.4 Å². The first-order valence-corrected chi connectivity index (χ1v) is 10.9. The van der Waals surface area contributed by atoms with E-state index in [1.165, 1.54) is 7.11 Å². The molecule has 1 N–H and O–H groups in total. The number of benzene rings is 2. The summed E-state index contributed by atoms with van der Waals surface area (Å²) in [6.07, 6.45) is -0.394. The van der Waals surface area contributed by atoms with Crippen molar-refractivity contribution < 1.29 is 32.4 Å². The fraction of sp³-hybridized carbons (Fsp3) is 0.250. The maximum atomic E-state index is 12.4. The number of amides is 1. The minimum absolute atomic E-state index is 0.104. The van der Waals surface area contributed by atoms with E-state index >= 15 is 0 Å². The standard InChI is InChI=1S/C20H20N4O8S/c1-31-18-8-7-16(13-17(18)24(27)28)33(29,30)22-11-9-20(26)32-14-19(25)23(12-10-21)15-5-3-2-4-6-15/h2-8,13,22H,9,11-12,14H2,1H3. The van der Waals surface area contributed by atoms with Gasteiger partial charge in [-0.25, -0.2) is 13.1 Å². The average Bonchev–Trinajstić information content (AvgIpc) is 2.80. The van der Waals surface area contributed by atoms with E-state index in [-0.39, 0.29) is 23.7 Å². The molecule has 0 aromatic heterocycles. The van der Waals surface area contributed by atoms with Gasteiger partial charge in [-0.05, 0) is 24.3 Å². The Morgan fingerprint density at radius 3 is 2.52 bits per heavy atom. The van der Waals surface area contributed by atoms with Crippen LogP contribution in [0.3, 0.4) is 0 Å². The second kappa shape index (κ2) is 11.6. The molecule has 33 heavy (non-hydrogen) atoms. The molecule has 12 nitrogen and oxygen atoms in total. The number of nitrogens with zero attached hydrogens (tertiary/aromatic N) is 3. The van der Waals surface area contributed by atoms with Crippen molar-refractivity contribution in [1.82, 2.24) is 4.72 Å². The zero-order valence-electron chi connectivity index (χ0n) is 17.5. The maximum absolute atomic E-state index is 12.4. The molecule has 0 radical (unpaired) electrons. The summed E-state index contributed by atoms with van der Waals surface area (Å²) < 4.78 is 36.5. The maximum Gasteiger partial charge on any atom is 0.312 e. The second-order valence-corrected chi connectivity index (χ2v) is 8.14. The van der Waals surface area contributed by atoms with Gasteiger partial charge in [0.15, 0.2) is 12.4 Å². The van der Waals surface area contributed by atoms with Crippen LogP contribution in [0.5, 0.6) is 5.75 Å². The normalized spacial score (nSPS) is 10.7. The number of nitro groups is 1. The molecule has 174 valence electrons. The number of methoxy groups -OCH3 is 1. The number of nitro benzene ring substituents is 1. The third-order valence-electron chi connectivity index (χ3n) is 4.23. The summed E-state index contributed by atoms with van der Waals surface area (Å²) in [7, 11) is -2.94. The monoisotopic (exact) mass is 476 g/mol. The zero-order valence-corrected chi connectivity index (χ0v) is 18.3. The van der Waals surface area contributed by atoms with E-state index in [0.29, 0.717) is 5.69 Å². The van der Waals surface area contributed by atoms with Crippen molar-refractivity contribution in [2.45, 2.75) is 11.3 Å². The molecular formula is C20H20N4O8S. The molecule has 0 bridgehead atoms. The van der Waals surface area contributed by atoms with E-state index in [1.807, 2.05) is 6.07 Å². The number of carbonyl (C=O) groups is 2. The van der Waals surface area contributed by atoms with Crippen molar-refractivity contribution in [2.24, 2.45) is 0 Å². The second-order valence-electron chi connectivity index (χ2n) is 6.37. The number of sulfonamides is 1. The summed E-state index contributed by atoms with van der Waals surface area (Å²) in [6, 6.07) is 13.3. The minimum Gasteiger partial charge on any atom is -0.490 e. The molecule has 0 aliphatic rings. The lowest BCUT2D eigenvalue weighted by Crippen LogP contribution is -2.35. The van der Waals surface area contributed by atoms with Crippen molar-refractivity contribution in [1.29, 1.82) is 5.26 Å². The lowest BCUT2D eigenvalue weighted by atomic mass is 10.3. The molecule has 0 unspecified atom stereocenters. The van der Waals surface area contributed by atoms with E-state index in [9.17, 15) is 28.1 Å². The zero-order chi connectivity index (χ0) is 24.4. The predicted molar refractivity (Wildman–Crippen MR) is 115 cm³/mol. The topological polar surface area (TPSA) is 169 Å². The van der Waals surface area contributed by atoms with Gasteiger partial charge in [-0.15, -0.1) is 0 Å². The summed E-state index contributed by atoms with van der Waals surface area (Å²) >= 11 is 0. The first-order chi connectivity index (χ1) is 15.7. The Labute approximate surface area is 189 Å². The minimum atomic E-state index is -4.15. The first kappa shape index (κ1) is 25.2. The molecule has 0 atom stereocenters. The van der Waals surface area contributed by atoms with Gasteiger partial charge in [-0.3, -0.25) is 24.6 Å². The molecule has 13 heteroatoms. The summed E-state index contributed by atoms with van der Waals surface area (Å²) in [4.78, 5) is 35.3. The Balaban J connectivity index is 1.91. The number of hydrogen-bond donors (Lipinski definition) is 1. The summed E-state index contributed by atoms with van der Waals surface area (Å²) in [5, 5.41) is 20.0. The van der Waals surface area contributed by atoms with Gasteiger partial charge in [-0.2, -0.15) is 5.26 Å². The van der Waals surface area contributed by atoms with Crippen LogP contribution in [0.4, 0.5) is 11.4 Å². The van der Waals surface area contributed by atoms with Gasteiger partial charge in [0.1, 0.15) is 6.54 Å². The van der Waals surface area contributed by atoms with Crippen molar-refractivity contribution in [2.75, 3.05) is 31.7 Å². The Morgan fingerprint density at radius 2 is 1.91 bits per heavy atom. The molecule has 2 aromatic carbocycles. The van der Waals surface area contributed by atoms with E-state index in [2.05, 4.69) is 4.72 Å². The number of rotatable bonds is 11. The van der Waals surface area contributed by atoms with Crippen LogP contribution >= 0.6 is 0 Å². The van der Waals surface area contributed by atoms with Crippen molar-refractivity contribution >= 4 is 33.3 Å². The molecule has 2 aromatic rings. The number of anilines is 1. The van der Waals surface area contributed by atoms with Crippen molar-refractivity contribution in [3.8, 4) is 11.8 Å². The molecular weight excluding hydrogens is 456 g/mol. The fourth-order valence-corrected chi connectivity index (χ4v) is 3.70. The van der Waals surface area contributed by atoms with Crippen LogP contribution in [0.1, 0.15) is 6.42 Å². The lowest BCUT2D eigenvalue weighted by Gasteiger charge is -2.19. The third-order valence-corrected chi connectivity index (χ3v) is 5.69. The number of nitriles is 1. The SMILES string of the molecule is COc1ccc(S(=O)(=O)NCCC(=O)OCC(=O)N(CC#N)c2ccccc2)cc1[N+](=O)[O-]. The van der Waals surface area contributed by atoms with E-state index < -0.39 is 45.5 Å². The number of para-hydroxylation sites is 1. The average molecular weight is 476 g/mol. The van der Waals surface area contributed by atoms with Crippen LogP contribution in [0.25, 0.3) is 0 Å². The highest BCUT2D eigenvalue weighted by molar-refractivity contribution is 7.89. The Morgan fingerprint density at radius 1 is 1.21 bits per heavy atom. The Kier molecular flexibility index (Phi) is 8.84. The molecule has 0 fully saturated rings. The lowest BCUT2D eigenvalue weighted by molar-refractivity contribution is -0.386. The van der Waals surface area contributed by atoms with Gasteiger partial charge in [0.05, 0.1) is 29.4 Å². The van der Waals surface area contributed by atoms with Crippen LogP contribution in [-0.4, -0.2) is 52.0 Å². The largest absolute Gasteiger partial charge is 0.490 e. The number of ether oxygens (including phenoxy) is 2.